The largest absolute Gasteiger partial charge is 0.310 e. The maximum atomic E-state index is 3.63. The molecule has 2 heteroatoms. The van der Waals surface area contributed by atoms with Crippen molar-refractivity contribution in [2.75, 3.05) is 19.6 Å². The van der Waals surface area contributed by atoms with Crippen molar-refractivity contribution in [3.63, 3.8) is 0 Å². The highest BCUT2D eigenvalue weighted by molar-refractivity contribution is 5.14. The molecule has 2 nitrogen and oxygen atoms in total. The van der Waals surface area contributed by atoms with Gasteiger partial charge in [-0.3, -0.25) is 4.90 Å². The lowest BCUT2D eigenvalue weighted by atomic mass is 9.94. The fraction of sp³-hybridized carbons (Fsp3) is 0.500. The Balaban J connectivity index is 1.54. The van der Waals surface area contributed by atoms with Gasteiger partial charge in [0.25, 0.3) is 0 Å². The van der Waals surface area contributed by atoms with Gasteiger partial charge in [0.2, 0.25) is 0 Å². The Labute approximate surface area is 110 Å². The van der Waals surface area contributed by atoms with Crippen LogP contribution >= 0.6 is 0 Å². The average molecular weight is 242 g/mol. The lowest BCUT2D eigenvalue weighted by Gasteiger charge is -2.26. The predicted molar refractivity (Wildman–Crippen MR) is 75.4 cm³/mol. The second-order valence-electron chi connectivity index (χ2n) is 5.49. The van der Waals surface area contributed by atoms with Crippen LogP contribution in [0.4, 0.5) is 0 Å². The van der Waals surface area contributed by atoms with Crippen LogP contribution in [0.5, 0.6) is 0 Å². The molecule has 0 aliphatic carbocycles. The van der Waals surface area contributed by atoms with E-state index >= 15 is 0 Å². The van der Waals surface area contributed by atoms with Gasteiger partial charge in [-0.25, -0.2) is 0 Å². The molecule has 1 saturated heterocycles. The molecule has 0 bridgehead atoms. The van der Waals surface area contributed by atoms with Gasteiger partial charge < -0.3 is 5.32 Å². The highest BCUT2D eigenvalue weighted by atomic mass is 15.2. The second-order valence-corrected chi connectivity index (χ2v) is 5.49. The van der Waals surface area contributed by atoms with Crippen molar-refractivity contribution >= 4 is 0 Å². The van der Waals surface area contributed by atoms with Crippen LogP contribution in [0.25, 0.3) is 0 Å². The Morgan fingerprint density at radius 3 is 2.83 bits per heavy atom. The van der Waals surface area contributed by atoms with Crippen molar-refractivity contribution in [2.24, 2.45) is 5.92 Å². The van der Waals surface area contributed by atoms with E-state index < -0.39 is 0 Å². The molecular formula is C16H22N2. The van der Waals surface area contributed by atoms with Crippen molar-refractivity contribution in [1.82, 2.24) is 10.2 Å². The minimum Gasteiger partial charge on any atom is -0.310 e. The number of rotatable bonds is 3. The summed E-state index contributed by atoms with van der Waals surface area (Å²) in [6.07, 6.45) is 7.14. The number of nitrogens with one attached hydrogen (secondary N) is 1. The fourth-order valence-corrected chi connectivity index (χ4v) is 3.16. The summed E-state index contributed by atoms with van der Waals surface area (Å²) in [4.78, 5) is 2.60. The molecule has 1 aromatic carbocycles. The molecule has 18 heavy (non-hydrogen) atoms. The highest BCUT2D eigenvalue weighted by Crippen LogP contribution is 2.24. The normalized spacial score (nSPS) is 28.7. The summed E-state index contributed by atoms with van der Waals surface area (Å²) >= 11 is 0. The smallest absolute Gasteiger partial charge is 0.0233 e. The number of nitrogens with zero attached hydrogens (tertiary/aromatic N) is 1. The summed E-state index contributed by atoms with van der Waals surface area (Å²) in [6.45, 7) is 4.67. The van der Waals surface area contributed by atoms with Gasteiger partial charge in [0.05, 0.1) is 0 Å². The van der Waals surface area contributed by atoms with E-state index in [4.69, 9.17) is 0 Å². The number of hydrogen-bond acceptors (Lipinski definition) is 2. The molecule has 0 spiro atoms. The van der Waals surface area contributed by atoms with Crippen molar-refractivity contribution in [3.8, 4) is 0 Å². The SMILES string of the molecule is C1=CCC(C2CCN(Cc3ccccc3)C2)NC1. The van der Waals surface area contributed by atoms with E-state index in [1.54, 1.807) is 0 Å². The van der Waals surface area contributed by atoms with Crippen LogP contribution in [-0.4, -0.2) is 30.6 Å². The summed E-state index contributed by atoms with van der Waals surface area (Å²) in [5, 5.41) is 3.63. The van der Waals surface area contributed by atoms with Crippen molar-refractivity contribution in [2.45, 2.75) is 25.4 Å². The molecule has 2 aliphatic rings. The molecule has 0 amide bonds. The Hall–Kier alpha value is -1.12. The zero-order chi connectivity index (χ0) is 12.2. The lowest BCUT2D eigenvalue weighted by Crippen LogP contribution is -2.39. The molecule has 0 saturated carbocycles. The van der Waals surface area contributed by atoms with Crippen molar-refractivity contribution < 1.29 is 0 Å². The molecule has 2 unspecified atom stereocenters. The van der Waals surface area contributed by atoms with Crippen LogP contribution in [-0.2, 0) is 6.54 Å². The van der Waals surface area contributed by atoms with E-state index in [1.165, 1.54) is 31.5 Å². The van der Waals surface area contributed by atoms with Gasteiger partial charge >= 0.3 is 0 Å². The molecule has 0 radical (unpaired) electrons. The molecular weight excluding hydrogens is 220 g/mol. The first-order valence-electron chi connectivity index (χ1n) is 7.06. The Morgan fingerprint density at radius 2 is 2.06 bits per heavy atom. The van der Waals surface area contributed by atoms with E-state index in [0.29, 0.717) is 6.04 Å². The first-order chi connectivity index (χ1) is 8.92. The standard InChI is InChI=1S/C16H22N2/c1-2-6-14(7-3-1)12-18-11-9-15(13-18)16-8-4-5-10-17-16/h1-7,15-17H,8-13H2. The summed E-state index contributed by atoms with van der Waals surface area (Å²) < 4.78 is 0. The third-order valence-corrected chi connectivity index (χ3v) is 4.18. The Kier molecular flexibility index (Phi) is 3.77. The van der Waals surface area contributed by atoms with Crippen LogP contribution in [0.2, 0.25) is 0 Å². The quantitative estimate of drug-likeness (QED) is 0.819. The Bertz CT molecular complexity index is 399. The zero-order valence-corrected chi connectivity index (χ0v) is 10.9. The van der Waals surface area contributed by atoms with Gasteiger partial charge in [-0.05, 0) is 30.9 Å². The predicted octanol–water partition coefficient (Wildman–Crippen LogP) is 2.43. The van der Waals surface area contributed by atoms with E-state index in [9.17, 15) is 0 Å². The maximum Gasteiger partial charge on any atom is 0.0233 e. The first-order valence-corrected chi connectivity index (χ1v) is 7.06. The van der Waals surface area contributed by atoms with Crippen molar-refractivity contribution in [3.05, 3.63) is 48.0 Å². The molecule has 2 heterocycles. The van der Waals surface area contributed by atoms with E-state index in [1.807, 2.05) is 0 Å². The fourth-order valence-electron chi connectivity index (χ4n) is 3.16. The van der Waals surface area contributed by atoms with Crippen molar-refractivity contribution in [1.29, 1.82) is 0 Å². The summed E-state index contributed by atoms with van der Waals surface area (Å²) in [5.74, 6) is 0.832. The van der Waals surface area contributed by atoms with Crippen LogP contribution in [0, 0.1) is 5.92 Å². The van der Waals surface area contributed by atoms with Crippen LogP contribution in [0.15, 0.2) is 42.5 Å². The monoisotopic (exact) mass is 242 g/mol. The molecule has 0 aromatic heterocycles. The van der Waals surface area contributed by atoms with E-state index in [-0.39, 0.29) is 0 Å². The summed E-state index contributed by atoms with van der Waals surface area (Å²) in [7, 11) is 0. The highest BCUT2D eigenvalue weighted by Gasteiger charge is 2.28. The topological polar surface area (TPSA) is 15.3 Å². The molecule has 1 N–H and O–H groups in total. The molecule has 96 valence electrons. The number of benzene rings is 1. The molecule has 1 aromatic rings. The van der Waals surface area contributed by atoms with Gasteiger partial charge in [-0.2, -0.15) is 0 Å². The number of hydrogen-bond donors (Lipinski definition) is 1. The zero-order valence-electron chi connectivity index (χ0n) is 10.9. The minimum atomic E-state index is 0.704. The second kappa shape index (κ2) is 5.68. The molecule has 3 rings (SSSR count). The van der Waals surface area contributed by atoms with Gasteiger partial charge in [0, 0.05) is 25.7 Å². The molecule has 1 fully saturated rings. The Morgan fingerprint density at radius 1 is 1.17 bits per heavy atom. The number of likely N-dealkylation sites (tertiary alicyclic amines) is 1. The lowest BCUT2D eigenvalue weighted by molar-refractivity contribution is 0.292. The third kappa shape index (κ3) is 2.82. The maximum absolute atomic E-state index is 3.63. The van der Waals surface area contributed by atoms with E-state index in [0.717, 1.165) is 19.0 Å². The van der Waals surface area contributed by atoms with Gasteiger partial charge in [0.15, 0.2) is 0 Å². The molecule has 2 atom stereocenters. The van der Waals surface area contributed by atoms with Gasteiger partial charge in [-0.15, -0.1) is 0 Å². The first kappa shape index (κ1) is 11.9. The van der Waals surface area contributed by atoms with E-state index in [2.05, 4.69) is 52.7 Å². The third-order valence-electron chi connectivity index (χ3n) is 4.18. The van der Waals surface area contributed by atoms with Gasteiger partial charge in [-0.1, -0.05) is 42.5 Å². The minimum absolute atomic E-state index is 0.704. The average Bonchev–Trinajstić information content (AvgIpc) is 2.89. The van der Waals surface area contributed by atoms with Crippen LogP contribution in [0.1, 0.15) is 18.4 Å². The summed E-state index contributed by atoms with van der Waals surface area (Å²) in [6, 6.07) is 11.5. The van der Waals surface area contributed by atoms with Crippen LogP contribution < -0.4 is 5.32 Å². The van der Waals surface area contributed by atoms with Gasteiger partial charge in [0.1, 0.15) is 0 Å². The van der Waals surface area contributed by atoms with Crippen LogP contribution in [0.3, 0.4) is 0 Å². The summed E-state index contributed by atoms with van der Waals surface area (Å²) in [5.41, 5.74) is 1.44. The molecule has 2 aliphatic heterocycles.